The Balaban J connectivity index is 1.44. The van der Waals surface area contributed by atoms with Crippen LogP contribution < -0.4 is 4.90 Å². The van der Waals surface area contributed by atoms with Gasteiger partial charge in [-0.3, -0.25) is 4.79 Å². The van der Waals surface area contributed by atoms with Crippen molar-refractivity contribution in [1.82, 2.24) is 9.88 Å². The number of carbonyl (C=O) groups excluding carboxylic acids is 1. The SMILES string of the molecule is CCN(Cc1ccccc1)C(=O)c1ccnc(N2CCC3(CC2)OCCO3)c1. The Morgan fingerprint density at radius 1 is 1.14 bits per heavy atom. The number of hydrogen-bond acceptors (Lipinski definition) is 5. The summed E-state index contributed by atoms with van der Waals surface area (Å²) in [4.78, 5) is 21.6. The lowest BCUT2D eigenvalue weighted by molar-refractivity contribution is -0.169. The van der Waals surface area contributed by atoms with Crippen molar-refractivity contribution in [3.05, 3.63) is 59.8 Å². The summed E-state index contributed by atoms with van der Waals surface area (Å²) in [7, 11) is 0. The first-order valence-electron chi connectivity index (χ1n) is 10.0. The normalized spacial score (nSPS) is 18.4. The van der Waals surface area contributed by atoms with E-state index in [1.54, 1.807) is 12.3 Å². The van der Waals surface area contributed by atoms with Crippen molar-refractivity contribution in [2.75, 3.05) is 37.7 Å². The van der Waals surface area contributed by atoms with Crippen LogP contribution in [0.1, 0.15) is 35.7 Å². The van der Waals surface area contributed by atoms with Crippen LogP contribution in [0.5, 0.6) is 0 Å². The number of nitrogens with zero attached hydrogens (tertiary/aromatic N) is 3. The van der Waals surface area contributed by atoms with Crippen molar-refractivity contribution in [3.63, 3.8) is 0 Å². The third-order valence-electron chi connectivity index (χ3n) is 5.54. The molecule has 3 heterocycles. The highest BCUT2D eigenvalue weighted by Crippen LogP contribution is 2.32. The van der Waals surface area contributed by atoms with Crippen molar-refractivity contribution in [1.29, 1.82) is 0 Å². The number of hydrogen-bond donors (Lipinski definition) is 0. The second-order valence-electron chi connectivity index (χ2n) is 7.30. The monoisotopic (exact) mass is 381 g/mol. The quantitative estimate of drug-likeness (QED) is 0.797. The molecule has 0 unspecified atom stereocenters. The van der Waals surface area contributed by atoms with E-state index in [0.717, 1.165) is 37.3 Å². The van der Waals surface area contributed by atoms with Crippen molar-refractivity contribution in [2.24, 2.45) is 0 Å². The first-order valence-corrected chi connectivity index (χ1v) is 10.0. The average molecular weight is 381 g/mol. The lowest BCUT2D eigenvalue weighted by atomic mass is 10.0. The Labute approximate surface area is 166 Å². The van der Waals surface area contributed by atoms with Crippen LogP contribution in [-0.4, -0.2) is 54.4 Å². The van der Waals surface area contributed by atoms with Gasteiger partial charge in [0.15, 0.2) is 5.79 Å². The number of aromatic nitrogens is 1. The van der Waals surface area contributed by atoms with Crippen molar-refractivity contribution in [3.8, 4) is 0 Å². The maximum Gasteiger partial charge on any atom is 0.254 e. The highest BCUT2D eigenvalue weighted by molar-refractivity contribution is 5.94. The molecule has 6 nitrogen and oxygen atoms in total. The summed E-state index contributed by atoms with van der Waals surface area (Å²) < 4.78 is 11.6. The Morgan fingerprint density at radius 2 is 1.86 bits per heavy atom. The number of pyridine rings is 1. The van der Waals surface area contributed by atoms with E-state index in [0.29, 0.717) is 31.9 Å². The summed E-state index contributed by atoms with van der Waals surface area (Å²) in [6, 6.07) is 13.8. The minimum absolute atomic E-state index is 0.0333. The predicted molar refractivity (Wildman–Crippen MR) is 107 cm³/mol. The minimum atomic E-state index is -0.404. The van der Waals surface area contributed by atoms with Crippen LogP contribution in [0.2, 0.25) is 0 Å². The van der Waals surface area contributed by atoms with E-state index in [1.807, 2.05) is 48.2 Å². The Kier molecular flexibility index (Phi) is 5.59. The molecular formula is C22H27N3O3. The van der Waals surface area contributed by atoms with Crippen molar-refractivity contribution >= 4 is 11.7 Å². The van der Waals surface area contributed by atoms with Crippen molar-refractivity contribution in [2.45, 2.75) is 32.1 Å². The fourth-order valence-corrected chi connectivity index (χ4v) is 3.90. The predicted octanol–water partition coefficient (Wildman–Crippen LogP) is 3.09. The number of rotatable bonds is 5. The fourth-order valence-electron chi connectivity index (χ4n) is 3.90. The largest absolute Gasteiger partial charge is 0.356 e. The minimum Gasteiger partial charge on any atom is -0.356 e. The van der Waals surface area contributed by atoms with Gasteiger partial charge >= 0.3 is 0 Å². The van der Waals surface area contributed by atoms with Gasteiger partial charge in [-0.1, -0.05) is 30.3 Å². The lowest BCUT2D eigenvalue weighted by Crippen LogP contribution is -2.45. The smallest absolute Gasteiger partial charge is 0.254 e. The maximum atomic E-state index is 13.1. The van der Waals surface area contributed by atoms with Crippen LogP contribution in [0.3, 0.4) is 0 Å². The molecule has 0 aliphatic carbocycles. The van der Waals surface area contributed by atoms with Gasteiger partial charge in [0.25, 0.3) is 5.91 Å². The Hall–Kier alpha value is -2.44. The molecule has 2 aliphatic heterocycles. The topological polar surface area (TPSA) is 54.9 Å². The molecule has 6 heteroatoms. The van der Waals surface area contributed by atoms with Gasteiger partial charge in [0.2, 0.25) is 0 Å². The zero-order valence-corrected chi connectivity index (χ0v) is 16.3. The number of ether oxygens (including phenoxy) is 2. The average Bonchev–Trinajstić information content (AvgIpc) is 3.21. The van der Waals surface area contributed by atoms with E-state index < -0.39 is 5.79 Å². The van der Waals surface area contributed by atoms with Gasteiger partial charge in [0.1, 0.15) is 5.82 Å². The zero-order valence-electron chi connectivity index (χ0n) is 16.3. The van der Waals surface area contributed by atoms with E-state index in [1.165, 1.54) is 0 Å². The number of anilines is 1. The molecule has 2 aromatic rings. The number of benzene rings is 1. The van der Waals surface area contributed by atoms with E-state index in [9.17, 15) is 4.79 Å². The number of carbonyl (C=O) groups is 1. The lowest BCUT2D eigenvalue weighted by Gasteiger charge is -2.38. The molecule has 0 N–H and O–H groups in total. The number of amides is 1. The third-order valence-corrected chi connectivity index (χ3v) is 5.54. The molecule has 4 rings (SSSR count). The van der Waals surface area contributed by atoms with Gasteiger partial charge in [0, 0.05) is 50.8 Å². The van der Waals surface area contributed by atoms with Crippen LogP contribution in [0, 0.1) is 0 Å². The molecule has 1 aromatic carbocycles. The molecule has 0 atom stereocenters. The molecule has 1 aromatic heterocycles. The van der Waals surface area contributed by atoms with Crippen LogP contribution in [-0.2, 0) is 16.0 Å². The summed E-state index contributed by atoms with van der Waals surface area (Å²) in [6.07, 6.45) is 3.37. The summed E-state index contributed by atoms with van der Waals surface area (Å²) in [6.45, 7) is 6.25. The van der Waals surface area contributed by atoms with E-state index in [-0.39, 0.29) is 5.91 Å². The summed E-state index contributed by atoms with van der Waals surface area (Å²) in [5.74, 6) is 0.471. The highest BCUT2D eigenvalue weighted by atomic mass is 16.7. The Morgan fingerprint density at radius 3 is 2.54 bits per heavy atom. The second kappa shape index (κ2) is 8.29. The molecule has 1 amide bonds. The molecule has 0 saturated carbocycles. The van der Waals surface area contributed by atoms with E-state index >= 15 is 0 Å². The molecule has 0 radical (unpaired) electrons. The third kappa shape index (κ3) is 4.03. The molecule has 148 valence electrons. The molecule has 1 spiro atoms. The van der Waals surface area contributed by atoms with E-state index in [4.69, 9.17) is 9.47 Å². The van der Waals surface area contributed by atoms with Gasteiger partial charge in [-0.2, -0.15) is 0 Å². The fraction of sp³-hybridized carbons (Fsp3) is 0.455. The molecule has 2 fully saturated rings. The van der Waals surface area contributed by atoms with Gasteiger partial charge in [0.05, 0.1) is 13.2 Å². The Bertz CT molecular complexity index is 796. The first kappa shape index (κ1) is 18.9. The molecular weight excluding hydrogens is 354 g/mol. The zero-order chi connectivity index (χ0) is 19.4. The van der Waals surface area contributed by atoms with E-state index in [2.05, 4.69) is 9.88 Å². The van der Waals surface area contributed by atoms with Crippen LogP contribution in [0.15, 0.2) is 48.7 Å². The first-order chi connectivity index (χ1) is 13.7. The van der Waals surface area contributed by atoms with Crippen LogP contribution in [0.4, 0.5) is 5.82 Å². The van der Waals surface area contributed by atoms with Gasteiger partial charge in [-0.25, -0.2) is 4.98 Å². The second-order valence-corrected chi connectivity index (χ2v) is 7.30. The molecule has 2 saturated heterocycles. The standard InChI is InChI=1S/C22H27N3O3/c1-2-24(17-18-6-4-3-5-7-18)21(26)19-8-11-23-20(16-19)25-12-9-22(10-13-25)27-14-15-28-22/h3-8,11,16H,2,9-10,12-15,17H2,1H3. The maximum absolute atomic E-state index is 13.1. The van der Waals surface area contributed by atoms with Gasteiger partial charge < -0.3 is 19.3 Å². The summed E-state index contributed by atoms with van der Waals surface area (Å²) >= 11 is 0. The molecule has 28 heavy (non-hydrogen) atoms. The number of piperidine rings is 1. The van der Waals surface area contributed by atoms with Gasteiger partial charge in [-0.05, 0) is 24.6 Å². The van der Waals surface area contributed by atoms with Crippen LogP contribution in [0.25, 0.3) is 0 Å². The van der Waals surface area contributed by atoms with Gasteiger partial charge in [-0.15, -0.1) is 0 Å². The highest BCUT2D eigenvalue weighted by Gasteiger charge is 2.40. The van der Waals surface area contributed by atoms with Crippen LogP contribution >= 0.6 is 0 Å². The van der Waals surface area contributed by atoms with Crippen molar-refractivity contribution < 1.29 is 14.3 Å². The summed E-state index contributed by atoms with van der Waals surface area (Å²) in [5.41, 5.74) is 1.81. The molecule has 2 aliphatic rings. The summed E-state index contributed by atoms with van der Waals surface area (Å²) in [5, 5.41) is 0. The molecule has 0 bridgehead atoms.